The molecule has 0 amide bonds. The fourth-order valence-corrected chi connectivity index (χ4v) is 4.03. The molecule has 23 heavy (non-hydrogen) atoms. The van der Waals surface area contributed by atoms with Gasteiger partial charge in [-0.3, -0.25) is 0 Å². The van der Waals surface area contributed by atoms with E-state index in [1.807, 2.05) is 41.9 Å². The van der Waals surface area contributed by atoms with Gasteiger partial charge in [-0.15, -0.1) is 11.3 Å². The highest BCUT2D eigenvalue weighted by atomic mass is 32.2. The van der Waals surface area contributed by atoms with E-state index in [4.69, 9.17) is 0 Å². The van der Waals surface area contributed by atoms with Crippen molar-refractivity contribution in [2.45, 2.75) is 5.92 Å². The fourth-order valence-electron chi connectivity index (χ4n) is 2.55. The normalized spacial score (nSPS) is 13.7. The zero-order chi connectivity index (χ0) is 16.4. The molecule has 0 fully saturated rings. The molecule has 1 unspecified atom stereocenters. The Labute approximate surface area is 140 Å². The predicted molar refractivity (Wildman–Crippen MR) is 95.1 cm³/mol. The molecule has 0 aliphatic rings. The van der Waals surface area contributed by atoms with E-state index in [-0.39, 0.29) is 5.92 Å². The van der Waals surface area contributed by atoms with Gasteiger partial charge in [0.1, 0.15) is 0 Å². The molecule has 5 nitrogen and oxygen atoms in total. The minimum absolute atomic E-state index is 0.0270. The number of H-pyrrole nitrogens is 1. The maximum Gasteiger partial charge on any atom is 0.278 e. The van der Waals surface area contributed by atoms with Gasteiger partial charge >= 0.3 is 0 Å². The van der Waals surface area contributed by atoms with Crippen molar-refractivity contribution in [3.8, 4) is 0 Å². The van der Waals surface area contributed by atoms with Crippen molar-refractivity contribution in [3.63, 3.8) is 0 Å². The van der Waals surface area contributed by atoms with E-state index in [9.17, 15) is 8.42 Å². The van der Waals surface area contributed by atoms with Crippen molar-refractivity contribution in [3.05, 3.63) is 58.4 Å². The first-order valence-electron chi connectivity index (χ1n) is 7.25. The van der Waals surface area contributed by atoms with Gasteiger partial charge in [0.05, 0.1) is 0 Å². The van der Waals surface area contributed by atoms with Crippen molar-refractivity contribution in [2.75, 3.05) is 20.6 Å². The smallest absolute Gasteiger partial charge is 0.278 e. The molecule has 2 N–H and O–H groups in total. The van der Waals surface area contributed by atoms with E-state index in [2.05, 4.69) is 15.8 Å². The maximum absolute atomic E-state index is 12.0. The molecule has 0 aliphatic heterocycles. The number of aromatic nitrogens is 1. The van der Waals surface area contributed by atoms with Gasteiger partial charge in [0, 0.05) is 48.5 Å². The lowest BCUT2D eigenvalue weighted by Gasteiger charge is -2.18. The summed E-state index contributed by atoms with van der Waals surface area (Å²) in [5.41, 5.74) is 2.16. The Bertz CT molecular complexity index is 883. The number of aromatic amines is 1. The molecule has 3 aromatic rings. The Morgan fingerprint density at radius 2 is 2.00 bits per heavy atom. The van der Waals surface area contributed by atoms with Crippen molar-refractivity contribution in [2.24, 2.45) is 0 Å². The third kappa shape index (κ3) is 3.32. The van der Waals surface area contributed by atoms with Gasteiger partial charge in [0.2, 0.25) is 0 Å². The lowest BCUT2D eigenvalue weighted by molar-refractivity contribution is 0.503. The molecule has 0 bridgehead atoms. The Morgan fingerprint density at radius 1 is 1.22 bits per heavy atom. The molecule has 1 aromatic carbocycles. The van der Waals surface area contributed by atoms with Crippen molar-refractivity contribution >= 4 is 32.4 Å². The van der Waals surface area contributed by atoms with Gasteiger partial charge in [-0.25, -0.2) is 4.72 Å². The van der Waals surface area contributed by atoms with Gasteiger partial charge in [-0.2, -0.15) is 12.7 Å². The van der Waals surface area contributed by atoms with Gasteiger partial charge in [-0.05, 0) is 23.1 Å². The number of nitrogens with one attached hydrogen (secondary N) is 2. The topological polar surface area (TPSA) is 65.2 Å². The predicted octanol–water partition coefficient (Wildman–Crippen LogP) is 2.76. The van der Waals surface area contributed by atoms with Crippen LogP contribution in [-0.4, -0.2) is 38.3 Å². The summed E-state index contributed by atoms with van der Waals surface area (Å²) in [5, 5.41) is 3.13. The number of para-hydroxylation sites is 1. The molecule has 122 valence electrons. The number of thiophene rings is 1. The van der Waals surface area contributed by atoms with Crippen LogP contribution in [0.2, 0.25) is 0 Å². The number of nitrogens with zero attached hydrogens (tertiary/aromatic N) is 1. The summed E-state index contributed by atoms with van der Waals surface area (Å²) in [7, 11) is -0.407. The first-order chi connectivity index (χ1) is 11.0. The number of hydrogen-bond acceptors (Lipinski definition) is 3. The van der Waals surface area contributed by atoms with E-state index < -0.39 is 10.2 Å². The molecular formula is C16H19N3O2S2. The van der Waals surface area contributed by atoms with Crippen LogP contribution >= 0.6 is 11.3 Å². The number of rotatable bonds is 6. The van der Waals surface area contributed by atoms with Crippen LogP contribution in [-0.2, 0) is 10.2 Å². The van der Waals surface area contributed by atoms with Gasteiger partial charge in [0.25, 0.3) is 10.2 Å². The van der Waals surface area contributed by atoms with E-state index >= 15 is 0 Å². The van der Waals surface area contributed by atoms with Crippen LogP contribution in [0.4, 0.5) is 0 Å². The minimum atomic E-state index is -3.45. The van der Waals surface area contributed by atoms with E-state index in [1.54, 1.807) is 11.3 Å². The number of fused-ring (bicyclic) bond motifs is 1. The molecule has 0 aliphatic carbocycles. The van der Waals surface area contributed by atoms with Crippen LogP contribution in [0, 0.1) is 0 Å². The molecule has 0 saturated heterocycles. The van der Waals surface area contributed by atoms with E-state index in [1.165, 1.54) is 18.4 Å². The molecule has 3 rings (SSSR count). The van der Waals surface area contributed by atoms with Crippen molar-refractivity contribution < 1.29 is 8.42 Å². The molecule has 2 aromatic heterocycles. The molecule has 0 spiro atoms. The van der Waals surface area contributed by atoms with Gasteiger partial charge in [0.15, 0.2) is 0 Å². The average molecular weight is 349 g/mol. The first-order valence-corrected chi connectivity index (χ1v) is 9.57. The molecule has 0 saturated carbocycles. The summed E-state index contributed by atoms with van der Waals surface area (Å²) in [6.07, 6.45) is 1.97. The fraction of sp³-hybridized carbons (Fsp3) is 0.250. The number of hydrogen-bond donors (Lipinski definition) is 2. The Balaban J connectivity index is 1.97. The second-order valence-electron chi connectivity index (χ2n) is 5.49. The monoisotopic (exact) mass is 349 g/mol. The number of benzene rings is 1. The third-order valence-electron chi connectivity index (χ3n) is 3.83. The molecule has 7 heteroatoms. The highest BCUT2D eigenvalue weighted by Gasteiger charge is 2.22. The molecular weight excluding hydrogens is 330 g/mol. The van der Waals surface area contributed by atoms with Crippen LogP contribution < -0.4 is 4.72 Å². The standard InChI is InChI=1S/C16H19N3O2S2/c1-19(2)23(20,21)18-11-14(16-8-5-9-22-16)13-10-17-15-7-4-3-6-12(13)15/h3-10,14,17-18H,11H2,1-2H3. The zero-order valence-corrected chi connectivity index (χ0v) is 14.6. The summed E-state index contributed by atoms with van der Waals surface area (Å²) in [6.45, 7) is 0.322. The average Bonchev–Trinajstić information content (AvgIpc) is 3.18. The van der Waals surface area contributed by atoms with E-state index in [0.29, 0.717) is 6.54 Å². The van der Waals surface area contributed by atoms with Crippen molar-refractivity contribution in [1.29, 1.82) is 0 Å². The first kappa shape index (κ1) is 16.2. The SMILES string of the molecule is CN(C)S(=O)(=O)NCC(c1cccs1)c1c[nH]c2ccccc12. The summed E-state index contributed by atoms with van der Waals surface area (Å²) >= 11 is 1.63. The second kappa shape index (κ2) is 6.45. The zero-order valence-electron chi connectivity index (χ0n) is 13.0. The Kier molecular flexibility index (Phi) is 4.54. The van der Waals surface area contributed by atoms with Crippen LogP contribution in [0.3, 0.4) is 0 Å². The Hall–Kier alpha value is -1.67. The quantitative estimate of drug-likeness (QED) is 0.719. The second-order valence-corrected chi connectivity index (χ2v) is 8.44. The highest BCUT2D eigenvalue weighted by molar-refractivity contribution is 7.87. The van der Waals surface area contributed by atoms with Gasteiger partial charge < -0.3 is 4.98 Å². The summed E-state index contributed by atoms with van der Waals surface area (Å²) in [5.74, 6) is -0.0270. The van der Waals surface area contributed by atoms with Crippen LogP contribution in [0.25, 0.3) is 10.9 Å². The highest BCUT2D eigenvalue weighted by Crippen LogP contribution is 2.32. The van der Waals surface area contributed by atoms with Crippen LogP contribution in [0.1, 0.15) is 16.4 Å². The molecule has 2 heterocycles. The molecule has 1 atom stereocenters. The third-order valence-corrected chi connectivity index (χ3v) is 6.31. The van der Waals surface area contributed by atoms with Crippen LogP contribution in [0.5, 0.6) is 0 Å². The summed E-state index contributed by atoms with van der Waals surface area (Å²) in [4.78, 5) is 4.40. The van der Waals surface area contributed by atoms with Crippen molar-refractivity contribution in [1.82, 2.24) is 14.0 Å². The van der Waals surface area contributed by atoms with Crippen LogP contribution in [0.15, 0.2) is 48.0 Å². The molecule has 0 radical (unpaired) electrons. The largest absolute Gasteiger partial charge is 0.361 e. The lowest BCUT2D eigenvalue weighted by atomic mass is 9.97. The summed E-state index contributed by atoms with van der Waals surface area (Å²) in [6, 6.07) is 12.1. The Morgan fingerprint density at radius 3 is 2.70 bits per heavy atom. The maximum atomic E-state index is 12.0. The van der Waals surface area contributed by atoms with Gasteiger partial charge in [-0.1, -0.05) is 24.3 Å². The minimum Gasteiger partial charge on any atom is -0.361 e. The lowest BCUT2D eigenvalue weighted by Crippen LogP contribution is -2.37. The summed E-state index contributed by atoms with van der Waals surface area (Å²) < 4.78 is 28.0. The van der Waals surface area contributed by atoms with E-state index in [0.717, 1.165) is 21.3 Å².